The van der Waals surface area contributed by atoms with E-state index in [1.165, 1.54) is 4.90 Å². The van der Waals surface area contributed by atoms with Gasteiger partial charge in [0.15, 0.2) is 4.34 Å². The van der Waals surface area contributed by atoms with Crippen molar-refractivity contribution in [1.29, 1.82) is 0 Å². The lowest BCUT2D eigenvalue weighted by Crippen LogP contribution is -2.32. The van der Waals surface area contributed by atoms with Gasteiger partial charge in [0.1, 0.15) is 0 Å². The number of amides is 2. The highest BCUT2D eigenvalue weighted by atomic mass is 35.5. The SMILES string of the molecule is O=C1[C@@H]2[C@H](C(=O)N1c1ccc3nc(SCc4cc(Cl)ccc4Cl)sc3c1)[C@H]1C=C[C@H]2C1. The minimum absolute atomic E-state index is 0.0547. The van der Waals surface area contributed by atoms with Crippen LogP contribution in [-0.4, -0.2) is 16.8 Å². The molecule has 4 nitrogen and oxygen atoms in total. The van der Waals surface area contributed by atoms with Crippen molar-refractivity contribution in [2.24, 2.45) is 23.7 Å². The summed E-state index contributed by atoms with van der Waals surface area (Å²) in [7, 11) is 0. The first-order valence-corrected chi connectivity index (χ1v) is 12.6. The first kappa shape index (κ1) is 19.8. The molecule has 2 aliphatic carbocycles. The highest BCUT2D eigenvalue weighted by molar-refractivity contribution is 8.00. The first-order chi connectivity index (χ1) is 15.0. The summed E-state index contributed by atoms with van der Waals surface area (Å²) >= 11 is 15.5. The van der Waals surface area contributed by atoms with E-state index < -0.39 is 0 Å². The van der Waals surface area contributed by atoms with Crippen molar-refractivity contribution < 1.29 is 9.59 Å². The number of hydrogen-bond acceptors (Lipinski definition) is 5. The van der Waals surface area contributed by atoms with Crippen molar-refractivity contribution >= 4 is 74.0 Å². The number of carbonyl (C=O) groups is 2. The van der Waals surface area contributed by atoms with Crippen LogP contribution in [0.4, 0.5) is 5.69 Å². The lowest BCUT2D eigenvalue weighted by molar-refractivity contribution is -0.123. The van der Waals surface area contributed by atoms with Crippen molar-refractivity contribution in [3.63, 3.8) is 0 Å². The molecule has 1 saturated carbocycles. The molecule has 3 aliphatic rings. The molecule has 2 bridgehead atoms. The Kier molecular flexibility index (Phi) is 4.69. The number of thiazole rings is 1. The monoisotopic (exact) mass is 486 g/mol. The fourth-order valence-electron chi connectivity index (χ4n) is 5.04. The number of thioether (sulfide) groups is 1. The van der Waals surface area contributed by atoms with Gasteiger partial charge in [0.05, 0.1) is 27.7 Å². The standard InChI is InChI=1S/C23H16Cl2N2O2S2/c24-14-3-5-16(25)13(8-14)10-30-23-26-17-6-4-15(9-18(17)31-23)27-21(28)19-11-1-2-12(7-11)20(19)22(27)29/h1-6,8-9,11-12,19-20H,7,10H2/t11-,12-,19-,20+/m0/s1. The van der Waals surface area contributed by atoms with E-state index in [1.807, 2.05) is 24.3 Å². The maximum Gasteiger partial charge on any atom is 0.238 e. The maximum absolute atomic E-state index is 13.1. The number of allylic oxidation sites excluding steroid dienone is 2. The Bertz CT molecular complexity index is 1260. The Hall–Kier alpha value is -1.86. The summed E-state index contributed by atoms with van der Waals surface area (Å²) in [6, 6.07) is 11.1. The second-order valence-electron chi connectivity index (χ2n) is 8.17. The Morgan fingerprint density at radius 3 is 2.52 bits per heavy atom. The predicted molar refractivity (Wildman–Crippen MR) is 126 cm³/mol. The number of aromatic nitrogens is 1. The molecule has 2 aromatic carbocycles. The average molecular weight is 487 g/mol. The quantitative estimate of drug-likeness (QED) is 0.250. The Morgan fingerprint density at radius 2 is 1.77 bits per heavy atom. The first-order valence-electron chi connectivity index (χ1n) is 10.0. The number of carbonyl (C=O) groups excluding carboxylic acids is 2. The highest BCUT2D eigenvalue weighted by Gasteiger charge is 2.59. The number of fused-ring (bicyclic) bond motifs is 6. The van der Waals surface area contributed by atoms with Crippen LogP contribution in [0.5, 0.6) is 0 Å². The number of anilines is 1. The van der Waals surface area contributed by atoms with E-state index in [1.54, 1.807) is 35.2 Å². The minimum Gasteiger partial charge on any atom is -0.274 e. The molecule has 156 valence electrons. The number of imide groups is 1. The van der Waals surface area contributed by atoms with E-state index in [9.17, 15) is 9.59 Å². The van der Waals surface area contributed by atoms with Gasteiger partial charge in [0.25, 0.3) is 0 Å². The number of nitrogens with zero attached hydrogens (tertiary/aromatic N) is 2. The number of halogens is 2. The van der Waals surface area contributed by atoms with Gasteiger partial charge in [0.2, 0.25) is 11.8 Å². The molecule has 2 fully saturated rings. The molecule has 1 saturated heterocycles. The Balaban J connectivity index is 1.26. The molecule has 0 N–H and O–H groups in total. The van der Waals surface area contributed by atoms with Gasteiger partial charge in [-0.3, -0.25) is 9.59 Å². The van der Waals surface area contributed by atoms with Gasteiger partial charge < -0.3 is 0 Å². The summed E-state index contributed by atoms with van der Waals surface area (Å²) in [4.78, 5) is 32.2. The van der Waals surface area contributed by atoms with E-state index in [4.69, 9.17) is 23.2 Å². The third kappa shape index (κ3) is 3.15. The van der Waals surface area contributed by atoms with Crippen LogP contribution in [0.15, 0.2) is 52.9 Å². The summed E-state index contributed by atoms with van der Waals surface area (Å²) in [6.07, 6.45) is 5.16. The van der Waals surface area contributed by atoms with Crippen molar-refractivity contribution in [1.82, 2.24) is 4.98 Å². The number of benzene rings is 2. The van der Waals surface area contributed by atoms with E-state index in [-0.39, 0.29) is 35.5 Å². The van der Waals surface area contributed by atoms with Crippen LogP contribution in [0.1, 0.15) is 12.0 Å². The third-order valence-corrected chi connectivity index (χ3v) is 9.25. The molecule has 8 heteroatoms. The van der Waals surface area contributed by atoms with Crippen LogP contribution < -0.4 is 4.90 Å². The molecule has 31 heavy (non-hydrogen) atoms. The minimum atomic E-state index is -0.187. The van der Waals surface area contributed by atoms with Crippen molar-refractivity contribution in [3.05, 3.63) is 64.2 Å². The fraction of sp³-hybridized carbons (Fsp3) is 0.261. The Labute approximate surface area is 197 Å². The molecule has 0 radical (unpaired) electrons. The summed E-state index contributed by atoms with van der Waals surface area (Å²) in [5.41, 5.74) is 2.46. The summed E-state index contributed by atoms with van der Waals surface area (Å²) < 4.78 is 1.86. The molecule has 4 atom stereocenters. The summed E-state index contributed by atoms with van der Waals surface area (Å²) in [6.45, 7) is 0. The molecule has 1 aromatic heterocycles. The fourth-order valence-corrected chi connectivity index (χ4v) is 7.59. The lowest BCUT2D eigenvalue weighted by atomic mass is 9.85. The lowest BCUT2D eigenvalue weighted by Gasteiger charge is -2.17. The van der Waals surface area contributed by atoms with Crippen LogP contribution in [0, 0.1) is 23.7 Å². The van der Waals surface area contributed by atoms with E-state index >= 15 is 0 Å². The normalized spacial score (nSPS) is 26.5. The number of rotatable bonds is 4. The molecule has 3 aromatic rings. The summed E-state index contributed by atoms with van der Waals surface area (Å²) in [5, 5.41) is 1.34. The zero-order valence-electron chi connectivity index (χ0n) is 16.1. The van der Waals surface area contributed by atoms with Crippen LogP contribution in [0.2, 0.25) is 10.0 Å². The summed E-state index contributed by atoms with van der Waals surface area (Å²) in [5.74, 6) is 0.604. The van der Waals surface area contributed by atoms with Gasteiger partial charge in [-0.2, -0.15) is 0 Å². The molecule has 6 rings (SSSR count). The van der Waals surface area contributed by atoms with Crippen LogP contribution in [0.25, 0.3) is 10.2 Å². The molecule has 2 heterocycles. The van der Waals surface area contributed by atoms with Gasteiger partial charge >= 0.3 is 0 Å². The third-order valence-electron chi connectivity index (χ3n) is 6.44. The zero-order chi connectivity index (χ0) is 21.3. The van der Waals surface area contributed by atoms with Gasteiger partial charge in [-0.25, -0.2) is 9.88 Å². The smallest absolute Gasteiger partial charge is 0.238 e. The van der Waals surface area contributed by atoms with Gasteiger partial charge in [-0.1, -0.05) is 47.1 Å². The van der Waals surface area contributed by atoms with Gasteiger partial charge in [-0.15, -0.1) is 11.3 Å². The molecular weight excluding hydrogens is 471 g/mol. The maximum atomic E-state index is 13.1. The van der Waals surface area contributed by atoms with E-state index in [2.05, 4.69) is 17.1 Å². The second-order valence-corrected chi connectivity index (χ2v) is 11.3. The van der Waals surface area contributed by atoms with Crippen molar-refractivity contribution in [2.45, 2.75) is 16.5 Å². The van der Waals surface area contributed by atoms with Crippen molar-refractivity contribution in [3.8, 4) is 0 Å². The zero-order valence-corrected chi connectivity index (χ0v) is 19.3. The Morgan fingerprint density at radius 1 is 1.03 bits per heavy atom. The van der Waals surface area contributed by atoms with Crippen LogP contribution >= 0.6 is 46.3 Å². The average Bonchev–Trinajstić information content (AvgIpc) is 3.51. The van der Waals surface area contributed by atoms with E-state index in [0.717, 1.165) is 26.5 Å². The van der Waals surface area contributed by atoms with Crippen LogP contribution in [-0.2, 0) is 15.3 Å². The van der Waals surface area contributed by atoms with Gasteiger partial charge in [0, 0.05) is 15.8 Å². The molecule has 0 spiro atoms. The molecule has 2 amide bonds. The number of hydrogen-bond donors (Lipinski definition) is 0. The van der Waals surface area contributed by atoms with Crippen LogP contribution in [0.3, 0.4) is 0 Å². The molecule has 0 unspecified atom stereocenters. The highest BCUT2D eigenvalue weighted by Crippen LogP contribution is 2.53. The molecular formula is C23H16Cl2N2O2S2. The largest absolute Gasteiger partial charge is 0.274 e. The predicted octanol–water partition coefficient (Wildman–Crippen LogP) is 6.21. The van der Waals surface area contributed by atoms with Crippen molar-refractivity contribution in [2.75, 3.05) is 4.90 Å². The van der Waals surface area contributed by atoms with Gasteiger partial charge in [-0.05, 0) is 60.2 Å². The molecule has 1 aliphatic heterocycles. The second kappa shape index (κ2) is 7.34. The van der Waals surface area contributed by atoms with E-state index in [0.29, 0.717) is 21.5 Å². The topological polar surface area (TPSA) is 50.3 Å².